The first-order chi connectivity index (χ1) is 9.63. The maximum atomic E-state index is 12.6. The van der Waals surface area contributed by atoms with Gasteiger partial charge in [-0.1, -0.05) is 25.1 Å². The van der Waals surface area contributed by atoms with Gasteiger partial charge in [0.25, 0.3) is 5.91 Å². The van der Waals surface area contributed by atoms with E-state index < -0.39 is 6.04 Å². The van der Waals surface area contributed by atoms with Gasteiger partial charge in [-0.25, -0.2) is 0 Å². The second-order valence-corrected chi connectivity index (χ2v) is 5.75. The molecule has 1 aromatic carbocycles. The maximum absolute atomic E-state index is 12.6. The first-order valence-electron chi connectivity index (χ1n) is 7.35. The molecule has 2 amide bonds. The van der Waals surface area contributed by atoms with Crippen LogP contribution < -0.4 is 5.32 Å². The van der Waals surface area contributed by atoms with E-state index in [1.807, 2.05) is 38.1 Å². The van der Waals surface area contributed by atoms with Gasteiger partial charge in [-0.2, -0.15) is 0 Å². The Hall–Kier alpha value is -1.84. The number of fused-ring (bicyclic) bond motifs is 1. The van der Waals surface area contributed by atoms with Crippen LogP contribution in [-0.4, -0.2) is 28.8 Å². The van der Waals surface area contributed by atoms with Crippen LogP contribution in [0.1, 0.15) is 55.1 Å². The Labute approximate surface area is 119 Å². The number of carbonyl (C=O) groups excluding carboxylic acids is 2. The van der Waals surface area contributed by atoms with Crippen LogP contribution >= 0.6 is 0 Å². The number of rotatable bonds is 4. The highest BCUT2D eigenvalue weighted by molar-refractivity contribution is 6.05. The summed E-state index contributed by atoms with van der Waals surface area (Å²) in [4.78, 5) is 26.8. The van der Waals surface area contributed by atoms with E-state index in [0.717, 1.165) is 24.8 Å². The molecule has 106 valence electrons. The van der Waals surface area contributed by atoms with Gasteiger partial charge in [-0.15, -0.1) is 0 Å². The van der Waals surface area contributed by atoms with Gasteiger partial charge in [0.2, 0.25) is 5.91 Å². The van der Waals surface area contributed by atoms with E-state index in [4.69, 9.17) is 0 Å². The summed E-state index contributed by atoms with van der Waals surface area (Å²) in [5.41, 5.74) is 1.54. The van der Waals surface area contributed by atoms with Crippen LogP contribution in [0.25, 0.3) is 0 Å². The van der Waals surface area contributed by atoms with Gasteiger partial charge in [0.15, 0.2) is 0 Å². The van der Waals surface area contributed by atoms with Crippen LogP contribution in [-0.2, 0) is 4.79 Å². The molecule has 2 atom stereocenters. The molecular weight excluding hydrogens is 252 g/mol. The van der Waals surface area contributed by atoms with E-state index in [-0.39, 0.29) is 23.9 Å². The maximum Gasteiger partial charge on any atom is 0.255 e. The lowest BCUT2D eigenvalue weighted by molar-refractivity contribution is -0.126. The van der Waals surface area contributed by atoms with Gasteiger partial charge in [-0.05, 0) is 37.8 Å². The highest BCUT2D eigenvalue weighted by Gasteiger charge is 2.47. The average molecular weight is 272 g/mol. The van der Waals surface area contributed by atoms with Crippen molar-refractivity contribution in [3.05, 3.63) is 35.4 Å². The Morgan fingerprint density at radius 2 is 2.10 bits per heavy atom. The van der Waals surface area contributed by atoms with Crippen molar-refractivity contribution >= 4 is 11.8 Å². The molecule has 0 aromatic heterocycles. The molecule has 0 radical (unpaired) electrons. The van der Waals surface area contributed by atoms with Gasteiger partial charge >= 0.3 is 0 Å². The predicted molar refractivity (Wildman–Crippen MR) is 76.3 cm³/mol. The number of benzene rings is 1. The fraction of sp³-hybridized carbons (Fsp3) is 0.500. The summed E-state index contributed by atoms with van der Waals surface area (Å²) in [5, 5.41) is 3.01. The van der Waals surface area contributed by atoms with Crippen LogP contribution in [0.3, 0.4) is 0 Å². The normalized spacial score (nSPS) is 22.6. The molecule has 0 saturated heterocycles. The second kappa shape index (κ2) is 4.93. The molecule has 0 bridgehead atoms. The zero-order chi connectivity index (χ0) is 14.3. The van der Waals surface area contributed by atoms with E-state index >= 15 is 0 Å². The number of hydrogen-bond donors (Lipinski definition) is 1. The molecule has 1 saturated carbocycles. The first kappa shape index (κ1) is 13.2. The van der Waals surface area contributed by atoms with E-state index in [2.05, 4.69) is 5.32 Å². The van der Waals surface area contributed by atoms with Crippen molar-refractivity contribution in [2.45, 2.75) is 51.2 Å². The van der Waals surface area contributed by atoms with Crippen LogP contribution in [0.5, 0.6) is 0 Å². The molecule has 3 rings (SSSR count). The molecule has 1 fully saturated rings. The van der Waals surface area contributed by atoms with Gasteiger partial charge in [-0.3, -0.25) is 9.59 Å². The minimum atomic E-state index is -0.444. The van der Waals surface area contributed by atoms with Crippen LogP contribution in [0, 0.1) is 0 Å². The fourth-order valence-electron chi connectivity index (χ4n) is 2.76. The van der Waals surface area contributed by atoms with Crippen LogP contribution in [0.4, 0.5) is 0 Å². The standard InChI is InChI=1S/C16H20N2O2/c1-3-10(2)17-15(19)14-12-6-4-5-7-13(12)16(20)18(14)11-8-9-11/h4-7,10-11,14H,3,8-9H2,1-2H3,(H,17,19). The summed E-state index contributed by atoms with van der Waals surface area (Å²) in [7, 11) is 0. The minimum Gasteiger partial charge on any atom is -0.352 e. The average Bonchev–Trinajstić information content (AvgIpc) is 3.24. The van der Waals surface area contributed by atoms with E-state index in [1.54, 1.807) is 4.90 Å². The predicted octanol–water partition coefficient (Wildman–Crippen LogP) is 2.26. The number of nitrogens with one attached hydrogen (secondary N) is 1. The largest absolute Gasteiger partial charge is 0.352 e. The lowest BCUT2D eigenvalue weighted by Crippen LogP contribution is -2.43. The Bertz CT molecular complexity index is 551. The van der Waals surface area contributed by atoms with Crippen molar-refractivity contribution in [3.63, 3.8) is 0 Å². The van der Waals surface area contributed by atoms with Gasteiger partial charge < -0.3 is 10.2 Å². The third-order valence-electron chi connectivity index (χ3n) is 4.19. The van der Waals surface area contributed by atoms with Gasteiger partial charge in [0.1, 0.15) is 6.04 Å². The lowest BCUT2D eigenvalue weighted by Gasteiger charge is -2.25. The van der Waals surface area contributed by atoms with Crippen molar-refractivity contribution < 1.29 is 9.59 Å². The van der Waals surface area contributed by atoms with Gasteiger partial charge in [0.05, 0.1) is 0 Å². The Kier molecular flexibility index (Phi) is 3.24. The topological polar surface area (TPSA) is 49.4 Å². The number of hydrogen-bond acceptors (Lipinski definition) is 2. The minimum absolute atomic E-state index is 0.00685. The van der Waals surface area contributed by atoms with E-state index in [0.29, 0.717) is 5.56 Å². The highest BCUT2D eigenvalue weighted by Crippen LogP contribution is 2.41. The first-order valence-corrected chi connectivity index (χ1v) is 7.35. The molecule has 20 heavy (non-hydrogen) atoms. The summed E-state index contributed by atoms with van der Waals surface area (Å²) in [6.45, 7) is 4.03. The summed E-state index contributed by atoms with van der Waals surface area (Å²) in [6, 6.07) is 7.40. The van der Waals surface area contributed by atoms with Gasteiger partial charge in [0, 0.05) is 17.6 Å². The number of amides is 2. The molecule has 1 heterocycles. The smallest absolute Gasteiger partial charge is 0.255 e. The van der Waals surface area contributed by atoms with Crippen LogP contribution in [0.2, 0.25) is 0 Å². The zero-order valence-corrected chi connectivity index (χ0v) is 11.9. The molecule has 1 N–H and O–H groups in total. The summed E-state index contributed by atoms with van der Waals surface area (Å²) < 4.78 is 0. The Morgan fingerprint density at radius 3 is 2.75 bits per heavy atom. The van der Waals surface area contributed by atoms with E-state index in [1.165, 1.54) is 0 Å². The molecule has 4 nitrogen and oxygen atoms in total. The molecule has 1 aliphatic carbocycles. The molecular formula is C16H20N2O2. The van der Waals surface area contributed by atoms with Crippen molar-refractivity contribution in [1.29, 1.82) is 0 Å². The third kappa shape index (κ3) is 2.09. The number of carbonyl (C=O) groups is 2. The monoisotopic (exact) mass is 272 g/mol. The summed E-state index contributed by atoms with van der Waals surface area (Å²) >= 11 is 0. The zero-order valence-electron chi connectivity index (χ0n) is 11.9. The highest BCUT2D eigenvalue weighted by atomic mass is 16.2. The van der Waals surface area contributed by atoms with Crippen molar-refractivity contribution in [3.8, 4) is 0 Å². The summed E-state index contributed by atoms with van der Waals surface area (Å²) in [6.07, 6.45) is 2.90. The lowest BCUT2D eigenvalue weighted by atomic mass is 10.0. The van der Waals surface area contributed by atoms with E-state index in [9.17, 15) is 9.59 Å². The molecule has 4 heteroatoms. The summed E-state index contributed by atoms with van der Waals surface area (Å²) in [5.74, 6) is -0.0445. The molecule has 1 aliphatic heterocycles. The van der Waals surface area contributed by atoms with Crippen molar-refractivity contribution in [2.24, 2.45) is 0 Å². The molecule has 2 unspecified atom stereocenters. The quantitative estimate of drug-likeness (QED) is 0.914. The fourth-order valence-corrected chi connectivity index (χ4v) is 2.76. The molecule has 1 aromatic rings. The van der Waals surface area contributed by atoms with Crippen molar-refractivity contribution in [1.82, 2.24) is 10.2 Å². The number of nitrogens with zero attached hydrogens (tertiary/aromatic N) is 1. The second-order valence-electron chi connectivity index (χ2n) is 5.75. The molecule has 0 spiro atoms. The Balaban J connectivity index is 1.93. The Morgan fingerprint density at radius 1 is 1.40 bits per heavy atom. The SMILES string of the molecule is CCC(C)NC(=O)C1c2ccccc2C(=O)N1C1CC1. The van der Waals surface area contributed by atoms with Crippen molar-refractivity contribution in [2.75, 3.05) is 0 Å². The molecule has 2 aliphatic rings. The van der Waals surface area contributed by atoms with Crippen LogP contribution in [0.15, 0.2) is 24.3 Å². The third-order valence-corrected chi connectivity index (χ3v) is 4.19.